The van der Waals surface area contributed by atoms with E-state index in [1.807, 2.05) is 39.0 Å². The van der Waals surface area contributed by atoms with Gasteiger partial charge in [0.1, 0.15) is 5.60 Å². The van der Waals surface area contributed by atoms with Crippen molar-refractivity contribution in [2.75, 3.05) is 12.8 Å². The monoisotopic (exact) mass is 490 g/mol. The van der Waals surface area contributed by atoms with Gasteiger partial charge in [-0.3, -0.25) is 0 Å². The lowest BCUT2D eigenvalue weighted by Crippen LogP contribution is -2.38. The van der Waals surface area contributed by atoms with E-state index >= 15 is 0 Å². The van der Waals surface area contributed by atoms with E-state index < -0.39 is 17.7 Å². The molecule has 0 heterocycles. The highest BCUT2D eigenvalue weighted by Gasteiger charge is 2.36. The van der Waals surface area contributed by atoms with Gasteiger partial charge in [-0.05, 0) is 74.6 Å². The number of carbonyl (C=O) groups excluding carboxylic acids is 1. The van der Waals surface area contributed by atoms with Crippen LogP contribution in [0.15, 0.2) is 36.4 Å². The van der Waals surface area contributed by atoms with E-state index in [4.69, 9.17) is 33.7 Å². The minimum atomic E-state index is -1.08. The first-order valence-electron chi connectivity index (χ1n) is 10.6. The summed E-state index contributed by atoms with van der Waals surface area (Å²) in [6.45, 7) is 5.44. The van der Waals surface area contributed by atoms with Gasteiger partial charge < -0.3 is 20.5 Å². The number of halogens is 2. The molecular weight excluding hydrogens is 463 g/mol. The van der Waals surface area contributed by atoms with E-state index in [0.717, 1.165) is 29.2 Å². The zero-order valence-corrected chi connectivity index (χ0v) is 20.6. The van der Waals surface area contributed by atoms with Gasteiger partial charge in [0.15, 0.2) is 0 Å². The lowest BCUT2D eigenvalue weighted by molar-refractivity contribution is -0.131. The van der Waals surface area contributed by atoms with E-state index in [0.29, 0.717) is 27.7 Å². The van der Waals surface area contributed by atoms with E-state index in [2.05, 4.69) is 0 Å². The van der Waals surface area contributed by atoms with Crippen LogP contribution in [-0.2, 0) is 9.53 Å². The van der Waals surface area contributed by atoms with Crippen molar-refractivity contribution < 1.29 is 19.4 Å². The topological polar surface area (TPSA) is 92.9 Å². The number of anilines is 1. The Labute approximate surface area is 203 Å². The fraction of sp³-hybridized carbons (Fsp3) is 0.360. The normalized spacial score (nSPS) is 18.1. The highest BCUT2D eigenvalue weighted by Crippen LogP contribution is 2.47. The Hall–Kier alpha value is -2.70. The molecule has 1 amide bonds. The van der Waals surface area contributed by atoms with Crippen LogP contribution in [0, 0.1) is 0 Å². The second-order valence-electron chi connectivity index (χ2n) is 9.15. The second-order valence-corrected chi connectivity index (χ2v) is 9.97. The Kier molecular flexibility index (Phi) is 7.29. The van der Waals surface area contributed by atoms with Crippen molar-refractivity contribution in [2.24, 2.45) is 0 Å². The molecule has 2 aromatic rings. The highest BCUT2D eigenvalue weighted by molar-refractivity contribution is 6.42. The van der Waals surface area contributed by atoms with Gasteiger partial charge in [0, 0.05) is 30.3 Å². The molecule has 0 unspecified atom stereocenters. The van der Waals surface area contributed by atoms with Crippen molar-refractivity contribution in [3.8, 4) is 0 Å². The van der Waals surface area contributed by atoms with Crippen molar-refractivity contribution in [3.63, 3.8) is 0 Å². The predicted molar refractivity (Wildman–Crippen MR) is 132 cm³/mol. The van der Waals surface area contributed by atoms with Crippen molar-refractivity contribution >= 4 is 47.0 Å². The van der Waals surface area contributed by atoms with Crippen LogP contribution in [0.25, 0.3) is 6.08 Å². The largest absolute Gasteiger partial charge is 0.478 e. The van der Waals surface area contributed by atoms with E-state index in [1.165, 1.54) is 6.08 Å². The molecule has 3 N–H and O–H groups in total. The summed E-state index contributed by atoms with van der Waals surface area (Å²) in [4.78, 5) is 25.7. The smallest absolute Gasteiger partial charge is 0.410 e. The summed E-state index contributed by atoms with van der Waals surface area (Å²) in [6, 6.07) is 8.90. The van der Waals surface area contributed by atoms with E-state index in [9.17, 15) is 14.7 Å². The van der Waals surface area contributed by atoms with Gasteiger partial charge in [0.25, 0.3) is 0 Å². The Morgan fingerprint density at radius 1 is 1.15 bits per heavy atom. The van der Waals surface area contributed by atoms with Crippen LogP contribution in [0.1, 0.15) is 67.8 Å². The SMILES string of the molecule is CN(C(=O)OC(C)(C)C)[C@H]1CC[C@@H](c2ccc(Cl)c(Cl)c2)c2ccc(N)c(/C=C/C(=O)O)c21. The number of rotatable bonds is 4. The molecule has 33 heavy (non-hydrogen) atoms. The van der Waals surface area contributed by atoms with Crippen LogP contribution < -0.4 is 5.73 Å². The molecule has 0 aromatic heterocycles. The third-order valence-electron chi connectivity index (χ3n) is 5.68. The van der Waals surface area contributed by atoms with Gasteiger partial charge in [-0.1, -0.05) is 35.3 Å². The molecule has 176 valence electrons. The average Bonchev–Trinajstić information content (AvgIpc) is 2.72. The summed E-state index contributed by atoms with van der Waals surface area (Å²) in [5.41, 5.74) is 9.41. The van der Waals surface area contributed by atoms with E-state index in [-0.39, 0.29) is 12.0 Å². The first-order chi connectivity index (χ1) is 15.4. The molecule has 0 bridgehead atoms. The van der Waals surface area contributed by atoms with Crippen LogP contribution in [0.5, 0.6) is 0 Å². The molecule has 0 spiro atoms. The minimum Gasteiger partial charge on any atom is -0.478 e. The van der Waals surface area contributed by atoms with Gasteiger partial charge in [-0.25, -0.2) is 9.59 Å². The highest BCUT2D eigenvalue weighted by atomic mass is 35.5. The lowest BCUT2D eigenvalue weighted by atomic mass is 9.74. The maximum atomic E-state index is 12.9. The fourth-order valence-electron chi connectivity index (χ4n) is 4.23. The van der Waals surface area contributed by atoms with Crippen LogP contribution in [-0.4, -0.2) is 34.7 Å². The Morgan fingerprint density at radius 3 is 2.45 bits per heavy atom. The molecule has 0 fully saturated rings. The number of nitrogens with zero attached hydrogens (tertiary/aromatic N) is 1. The van der Waals surface area contributed by atoms with Crippen molar-refractivity contribution in [3.05, 3.63) is 68.7 Å². The summed E-state index contributed by atoms with van der Waals surface area (Å²) >= 11 is 12.4. The van der Waals surface area contributed by atoms with Crippen molar-refractivity contribution in [1.29, 1.82) is 0 Å². The Balaban J connectivity index is 2.16. The van der Waals surface area contributed by atoms with Gasteiger partial charge in [-0.15, -0.1) is 0 Å². The molecule has 6 nitrogen and oxygen atoms in total. The first-order valence-corrected chi connectivity index (χ1v) is 11.4. The molecule has 0 radical (unpaired) electrons. The van der Waals surface area contributed by atoms with Crippen LogP contribution in [0.3, 0.4) is 0 Å². The summed E-state index contributed by atoms with van der Waals surface area (Å²) in [6.07, 6.45) is 3.46. The van der Waals surface area contributed by atoms with Gasteiger partial charge in [0.2, 0.25) is 0 Å². The fourth-order valence-corrected chi connectivity index (χ4v) is 4.54. The molecule has 8 heteroatoms. The number of aliphatic carboxylic acids is 1. The summed E-state index contributed by atoms with van der Waals surface area (Å²) in [5, 5.41) is 10.1. The average molecular weight is 491 g/mol. The number of nitrogen functional groups attached to an aromatic ring is 1. The van der Waals surface area contributed by atoms with Gasteiger partial charge in [0.05, 0.1) is 16.1 Å². The van der Waals surface area contributed by atoms with Crippen molar-refractivity contribution in [1.82, 2.24) is 4.90 Å². The standard InChI is InChI=1S/C25H28Cl2N2O4/c1-25(2,3)33-24(32)29(4)21-11-7-15(14-5-9-18(26)19(27)13-14)16-6-10-20(28)17(23(16)21)8-12-22(30)31/h5-6,8-10,12-13,15,21H,7,11,28H2,1-4H3,(H,30,31)/b12-8+/t15-,21-/m0/s1. The number of hydrogen-bond acceptors (Lipinski definition) is 4. The molecule has 3 rings (SSSR count). The van der Waals surface area contributed by atoms with Crippen LogP contribution in [0.4, 0.5) is 10.5 Å². The van der Waals surface area contributed by atoms with E-state index in [1.54, 1.807) is 24.1 Å². The molecule has 0 saturated carbocycles. The quantitative estimate of drug-likeness (QED) is 0.376. The number of nitrogens with two attached hydrogens (primary N) is 1. The maximum absolute atomic E-state index is 12.9. The lowest BCUT2D eigenvalue weighted by Gasteiger charge is -2.39. The molecule has 2 atom stereocenters. The maximum Gasteiger partial charge on any atom is 0.410 e. The third kappa shape index (κ3) is 5.63. The Morgan fingerprint density at radius 2 is 1.85 bits per heavy atom. The molecular formula is C25H28Cl2N2O4. The van der Waals surface area contributed by atoms with Crippen LogP contribution in [0.2, 0.25) is 10.0 Å². The van der Waals surface area contributed by atoms with Crippen LogP contribution >= 0.6 is 23.2 Å². The molecule has 1 aliphatic carbocycles. The number of ether oxygens (including phenoxy) is 1. The number of carbonyl (C=O) groups is 2. The second kappa shape index (κ2) is 9.65. The molecule has 1 aliphatic rings. The zero-order chi connectivity index (χ0) is 24.5. The van der Waals surface area contributed by atoms with Crippen molar-refractivity contribution in [2.45, 2.75) is 51.2 Å². The number of benzene rings is 2. The van der Waals surface area contributed by atoms with Gasteiger partial charge in [-0.2, -0.15) is 0 Å². The molecule has 2 aromatic carbocycles. The van der Waals surface area contributed by atoms with Gasteiger partial charge >= 0.3 is 12.1 Å². The first kappa shape index (κ1) is 24.9. The summed E-state index contributed by atoms with van der Waals surface area (Å²) in [7, 11) is 1.69. The Bertz CT molecular complexity index is 1110. The number of fused-ring (bicyclic) bond motifs is 1. The number of carboxylic acid groups (broad SMARTS) is 1. The number of hydrogen-bond donors (Lipinski definition) is 2. The number of amides is 1. The summed E-state index contributed by atoms with van der Waals surface area (Å²) < 4.78 is 5.59. The number of carboxylic acids is 1. The third-order valence-corrected chi connectivity index (χ3v) is 6.42. The minimum absolute atomic E-state index is 0.0179. The predicted octanol–water partition coefficient (Wildman–Crippen LogP) is 6.51. The zero-order valence-electron chi connectivity index (χ0n) is 19.1. The molecule has 0 aliphatic heterocycles. The summed E-state index contributed by atoms with van der Waals surface area (Å²) in [5.74, 6) is -1.10. The molecule has 0 saturated heterocycles.